The fourth-order valence-electron chi connectivity index (χ4n) is 0.731. The predicted octanol–water partition coefficient (Wildman–Crippen LogP) is 0.416. The molecule has 0 amide bonds. The van der Waals surface area contributed by atoms with Crippen LogP contribution in [0.1, 0.15) is 5.69 Å². The Labute approximate surface area is 59.7 Å². The predicted molar refractivity (Wildman–Crippen MR) is 38.5 cm³/mol. The maximum atomic E-state index is 8.73. The fourth-order valence-corrected chi connectivity index (χ4v) is 0.731. The Morgan fingerprint density at radius 1 is 1.80 bits per heavy atom. The molecule has 0 aliphatic rings. The molecule has 1 rings (SSSR count). The van der Waals surface area contributed by atoms with Crippen molar-refractivity contribution in [3.63, 3.8) is 0 Å². The Morgan fingerprint density at radius 3 is 3.10 bits per heavy atom. The molecule has 2 N–H and O–H groups in total. The summed E-state index contributed by atoms with van der Waals surface area (Å²) >= 11 is 0. The number of pyridine rings is 1. The molecule has 1 aromatic rings. The molecule has 1 radical (unpaired) electrons. The first-order valence-electron chi connectivity index (χ1n) is 3.02. The smallest absolute Gasteiger partial charge is 0.0889 e. The van der Waals surface area contributed by atoms with Crippen molar-refractivity contribution in [3.05, 3.63) is 24.0 Å². The molecule has 0 saturated carbocycles. The van der Waals surface area contributed by atoms with Crippen molar-refractivity contribution in [2.24, 2.45) is 0 Å². The summed E-state index contributed by atoms with van der Waals surface area (Å²) < 4.78 is 0. The van der Waals surface area contributed by atoms with Crippen LogP contribution in [0.25, 0.3) is 0 Å². The minimum absolute atomic E-state index is 0.0369. The van der Waals surface area contributed by atoms with E-state index in [1.807, 2.05) is 0 Å². The van der Waals surface area contributed by atoms with Gasteiger partial charge in [-0.05, 0) is 6.07 Å². The van der Waals surface area contributed by atoms with E-state index in [1.54, 1.807) is 13.1 Å². The fraction of sp³-hybridized carbons (Fsp3) is 0.286. The third-order valence-corrected chi connectivity index (χ3v) is 1.25. The SMILES string of the molecule is CNc1c[c]cnc1CO. The first kappa shape index (κ1) is 7.02. The lowest BCUT2D eigenvalue weighted by molar-refractivity contribution is 0.277. The number of rotatable bonds is 2. The molecule has 1 heterocycles. The van der Waals surface area contributed by atoms with E-state index in [2.05, 4.69) is 16.4 Å². The number of nitrogens with one attached hydrogen (secondary N) is 1. The number of anilines is 1. The van der Waals surface area contributed by atoms with Gasteiger partial charge in [0.1, 0.15) is 0 Å². The second kappa shape index (κ2) is 3.17. The van der Waals surface area contributed by atoms with Crippen LogP contribution < -0.4 is 5.32 Å². The molecule has 0 bridgehead atoms. The molecule has 0 aliphatic heterocycles. The molecular formula is C7H9N2O. The maximum absolute atomic E-state index is 8.73. The van der Waals surface area contributed by atoms with E-state index < -0.39 is 0 Å². The molecule has 0 spiro atoms. The Morgan fingerprint density at radius 2 is 2.60 bits per heavy atom. The Hall–Kier alpha value is -1.09. The van der Waals surface area contributed by atoms with Crippen molar-refractivity contribution < 1.29 is 5.11 Å². The van der Waals surface area contributed by atoms with Gasteiger partial charge < -0.3 is 10.4 Å². The van der Waals surface area contributed by atoms with Crippen molar-refractivity contribution in [1.82, 2.24) is 4.98 Å². The number of aromatic nitrogens is 1. The number of nitrogens with zero attached hydrogens (tertiary/aromatic N) is 1. The van der Waals surface area contributed by atoms with Gasteiger partial charge in [-0.1, -0.05) is 0 Å². The highest BCUT2D eigenvalue weighted by Crippen LogP contribution is 2.09. The molecule has 0 saturated heterocycles. The van der Waals surface area contributed by atoms with Crippen molar-refractivity contribution >= 4 is 5.69 Å². The third-order valence-electron chi connectivity index (χ3n) is 1.25. The van der Waals surface area contributed by atoms with Crippen LogP contribution in [0.2, 0.25) is 0 Å². The van der Waals surface area contributed by atoms with Crippen LogP contribution in [0.3, 0.4) is 0 Å². The first-order valence-corrected chi connectivity index (χ1v) is 3.02. The van der Waals surface area contributed by atoms with E-state index in [0.717, 1.165) is 5.69 Å². The monoisotopic (exact) mass is 137 g/mol. The lowest BCUT2D eigenvalue weighted by Gasteiger charge is -2.02. The molecule has 0 unspecified atom stereocenters. The summed E-state index contributed by atoms with van der Waals surface area (Å²) in [5, 5.41) is 11.6. The van der Waals surface area contributed by atoms with Gasteiger partial charge in [0.05, 0.1) is 18.0 Å². The van der Waals surface area contributed by atoms with E-state index in [9.17, 15) is 0 Å². The van der Waals surface area contributed by atoms with Gasteiger partial charge in [-0.25, -0.2) is 0 Å². The number of hydrogen-bond donors (Lipinski definition) is 2. The summed E-state index contributed by atoms with van der Waals surface area (Å²) in [5.41, 5.74) is 1.48. The molecule has 3 heteroatoms. The summed E-state index contributed by atoms with van der Waals surface area (Å²) in [7, 11) is 1.78. The molecule has 0 atom stereocenters. The molecule has 0 fully saturated rings. The van der Waals surface area contributed by atoms with Crippen LogP contribution in [0, 0.1) is 6.07 Å². The second-order valence-electron chi connectivity index (χ2n) is 1.84. The zero-order chi connectivity index (χ0) is 7.40. The highest BCUT2D eigenvalue weighted by Gasteiger charge is 1.96. The van der Waals surface area contributed by atoms with Gasteiger partial charge >= 0.3 is 0 Å². The molecule has 53 valence electrons. The van der Waals surface area contributed by atoms with E-state index in [-0.39, 0.29) is 6.61 Å². The largest absolute Gasteiger partial charge is 0.390 e. The van der Waals surface area contributed by atoms with Crippen LogP contribution in [0.4, 0.5) is 5.69 Å². The average Bonchev–Trinajstić information content (AvgIpc) is 2.04. The Kier molecular flexibility index (Phi) is 2.23. The molecular weight excluding hydrogens is 128 g/mol. The van der Waals surface area contributed by atoms with Gasteiger partial charge in [-0.3, -0.25) is 4.98 Å². The minimum Gasteiger partial charge on any atom is -0.390 e. The zero-order valence-corrected chi connectivity index (χ0v) is 5.76. The van der Waals surface area contributed by atoms with Gasteiger partial charge in [0.2, 0.25) is 0 Å². The second-order valence-corrected chi connectivity index (χ2v) is 1.84. The lowest BCUT2D eigenvalue weighted by atomic mass is 10.3. The third kappa shape index (κ3) is 1.25. The standard InChI is InChI=1S/C7H9N2O/c1-8-6-3-2-4-9-7(6)5-10/h3-4,8,10H,5H2,1H3. The van der Waals surface area contributed by atoms with Crippen LogP contribution in [0.15, 0.2) is 12.3 Å². The molecule has 3 nitrogen and oxygen atoms in total. The van der Waals surface area contributed by atoms with Crippen LogP contribution in [0.5, 0.6) is 0 Å². The van der Waals surface area contributed by atoms with E-state index in [1.165, 1.54) is 6.20 Å². The van der Waals surface area contributed by atoms with Gasteiger partial charge in [0.15, 0.2) is 0 Å². The van der Waals surface area contributed by atoms with E-state index >= 15 is 0 Å². The summed E-state index contributed by atoms with van der Waals surface area (Å²) in [6, 6.07) is 4.55. The zero-order valence-electron chi connectivity index (χ0n) is 5.76. The normalized spacial score (nSPS) is 9.40. The average molecular weight is 137 g/mol. The van der Waals surface area contributed by atoms with Crippen molar-refractivity contribution in [3.8, 4) is 0 Å². The van der Waals surface area contributed by atoms with Crippen LogP contribution in [-0.2, 0) is 6.61 Å². The highest BCUT2D eigenvalue weighted by molar-refractivity contribution is 5.45. The van der Waals surface area contributed by atoms with Crippen molar-refractivity contribution in [2.75, 3.05) is 12.4 Å². The van der Waals surface area contributed by atoms with Gasteiger partial charge in [0.25, 0.3) is 0 Å². The Bertz CT molecular complexity index is 190. The summed E-state index contributed by atoms with van der Waals surface area (Å²) in [5.74, 6) is 0. The maximum Gasteiger partial charge on any atom is 0.0889 e. The van der Waals surface area contributed by atoms with Crippen LogP contribution in [-0.4, -0.2) is 17.1 Å². The van der Waals surface area contributed by atoms with Crippen molar-refractivity contribution in [1.29, 1.82) is 0 Å². The summed E-state index contributed by atoms with van der Waals surface area (Å²) in [6.07, 6.45) is 1.53. The van der Waals surface area contributed by atoms with E-state index in [4.69, 9.17) is 5.11 Å². The molecule has 0 aromatic carbocycles. The van der Waals surface area contributed by atoms with Gasteiger partial charge in [-0.15, -0.1) is 0 Å². The molecule has 1 aromatic heterocycles. The minimum atomic E-state index is -0.0369. The van der Waals surface area contributed by atoms with Gasteiger partial charge in [0, 0.05) is 19.3 Å². The quantitative estimate of drug-likeness (QED) is 0.620. The number of hydrogen-bond acceptors (Lipinski definition) is 3. The van der Waals surface area contributed by atoms with Crippen LogP contribution >= 0.6 is 0 Å². The van der Waals surface area contributed by atoms with Gasteiger partial charge in [-0.2, -0.15) is 0 Å². The number of aliphatic hydroxyl groups excluding tert-OH is 1. The topological polar surface area (TPSA) is 45.2 Å². The van der Waals surface area contributed by atoms with Crippen molar-refractivity contribution in [2.45, 2.75) is 6.61 Å². The number of aliphatic hydroxyl groups is 1. The Balaban J connectivity index is 2.96. The molecule has 10 heavy (non-hydrogen) atoms. The molecule has 0 aliphatic carbocycles. The summed E-state index contributed by atoms with van der Waals surface area (Å²) in [6.45, 7) is -0.0369. The summed E-state index contributed by atoms with van der Waals surface area (Å²) in [4.78, 5) is 3.90. The highest BCUT2D eigenvalue weighted by atomic mass is 16.3. The van der Waals surface area contributed by atoms with E-state index in [0.29, 0.717) is 5.69 Å². The first-order chi connectivity index (χ1) is 4.88. The lowest BCUT2D eigenvalue weighted by Crippen LogP contribution is -1.97.